The van der Waals surface area contributed by atoms with Crippen LogP contribution in [0, 0.1) is 6.92 Å². The van der Waals surface area contributed by atoms with Gasteiger partial charge in [0.25, 0.3) is 0 Å². The molecule has 0 saturated carbocycles. The molecular formula is C11H11N3O3. The van der Waals surface area contributed by atoms with Crippen LogP contribution in [-0.4, -0.2) is 25.8 Å². The van der Waals surface area contributed by atoms with Crippen LogP contribution in [0.3, 0.4) is 0 Å². The summed E-state index contributed by atoms with van der Waals surface area (Å²) in [5, 5.41) is 12.8. The topological polar surface area (TPSA) is 77.2 Å². The number of carboxylic acids is 1. The first-order chi connectivity index (χ1) is 8.06. The van der Waals surface area contributed by atoms with E-state index in [1.54, 1.807) is 31.0 Å². The van der Waals surface area contributed by atoms with Gasteiger partial charge in [-0.25, -0.2) is 9.78 Å². The molecule has 17 heavy (non-hydrogen) atoms. The number of aryl methyl sites for hydroxylation is 2. The third-order valence-corrected chi connectivity index (χ3v) is 2.19. The number of ether oxygens (including phenoxy) is 1. The monoisotopic (exact) mass is 233 g/mol. The van der Waals surface area contributed by atoms with Gasteiger partial charge in [-0.2, -0.15) is 5.10 Å². The predicted molar refractivity (Wildman–Crippen MR) is 59.2 cm³/mol. The van der Waals surface area contributed by atoms with Gasteiger partial charge in [0.2, 0.25) is 5.88 Å². The summed E-state index contributed by atoms with van der Waals surface area (Å²) in [6.45, 7) is 1.62. The Morgan fingerprint density at radius 1 is 1.47 bits per heavy atom. The van der Waals surface area contributed by atoms with Gasteiger partial charge in [-0.3, -0.25) is 4.68 Å². The predicted octanol–water partition coefficient (Wildman–Crippen LogP) is 1.61. The summed E-state index contributed by atoms with van der Waals surface area (Å²) in [7, 11) is 1.78. The average Bonchev–Trinajstić information content (AvgIpc) is 2.63. The van der Waals surface area contributed by atoms with Crippen molar-refractivity contribution in [1.82, 2.24) is 14.8 Å². The molecule has 1 N–H and O–H groups in total. The van der Waals surface area contributed by atoms with Crippen LogP contribution in [0.5, 0.6) is 11.6 Å². The first kappa shape index (κ1) is 11.1. The first-order valence-electron chi connectivity index (χ1n) is 4.93. The van der Waals surface area contributed by atoms with Gasteiger partial charge in [-0.15, -0.1) is 0 Å². The SMILES string of the molecule is Cc1nc(Oc2cnn(C)c2)ccc1C(=O)O. The van der Waals surface area contributed by atoms with E-state index in [2.05, 4.69) is 10.1 Å². The molecule has 6 nitrogen and oxygen atoms in total. The Labute approximate surface area is 97.5 Å². The molecule has 6 heteroatoms. The summed E-state index contributed by atoms with van der Waals surface area (Å²) >= 11 is 0. The molecule has 0 aliphatic carbocycles. The van der Waals surface area contributed by atoms with E-state index in [1.165, 1.54) is 12.1 Å². The maximum atomic E-state index is 10.8. The fraction of sp³-hybridized carbons (Fsp3) is 0.182. The summed E-state index contributed by atoms with van der Waals surface area (Å²) < 4.78 is 7.03. The first-order valence-corrected chi connectivity index (χ1v) is 4.93. The van der Waals surface area contributed by atoms with E-state index < -0.39 is 5.97 Å². The van der Waals surface area contributed by atoms with Crippen LogP contribution in [0.25, 0.3) is 0 Å². The normalized spacial score (nSPS) is 10.2. The van der Waals surface area contributed by atoms with Gasteiger partial charge in [0, 0.05) is 13.1 Å². The number of hydrogen-bond donors (Lipinski definition) is 1. The van der Waals surface area contributed by atoms with Gasteiger partial charge in [0.1, 0.15) is 0 Å². The lowest BCUT2D eigenvalue weighted by Crippen LogP contribution is -2.02. The maximum Gasteiger partial charge on any atom is 0.337 e. The Hall–Kier alpha value is -2.37. The summed E-state index contributed by atoms with van der Waals surface area (Å²) in [6, 6.07) is 2.99. The fourth-order valence-electron chi connectivity index (χ4n) is 1.39. The smallest absolute Gasteiger partial charge is 0.337 e. The standard InChI is InChI=1S/C11H11N3O3/c1-7-9(11(15)16)3-4-10(13-7)17-8-5-12-14(2)6-8/h3-6H,1-2H3,(H,15,16). The minimum Gasteiger partial charge on any atom is -0.478 e. The zero-order valence-electron chi connectivity index (χ0n) is 9.41. The van der Waals surface area contributed by atoms with E-state index in [-0.39, 0.29) is 5.56 Å². The van der Waals surface area contributed by atoms with Crippen molar-refractivity contribution >= 4 is 5.97 Å². The molecule has 0 aromatic carbocycles. The molecule has 0 spiro atoms. The van der Waals surface area contributed by atoms with E-state index in [0.29, 0.717) is 17.3 Å². The second-order valence-electron chi connectivity index (χ2n) is 3.54. The Balaban J connectivity index is 2.23. The van der Waals surface area contributed by atoms with Crippen LogP contribution in [-0.2, 0) is 7.05 Å². The largest absolute Gasteiger partial charge is 0.478 e. The lowest BCUT2D eigenvalue weighted by atomic mass is 10.2. The number of aromatic carboxylic acids is 1. The molecule has 0 aliphatic heterocycles. The van der Waals surface area contributed by atoms with Crippen LogP contribution in [0.1, 0.15) is 16.1 Å². The molecule has 0 fully saturated rings. The highest BCUT2D eigenvalue weighted by molar-refractivity contribution is 5.88. The van der Waals surface area contributed by atoms with Gasteiger partial charge in [0.05, 0.1) is 23.7 Å². The number of nitrogens with zero attached hydrogens (tertiary/aromatic N) is 3. The Morgan fingerprint density at radius 2 is 2.24 bits per heavy atom. The number of pyridine rings is 1. The van der Waals surface area contributed by atoms with E-state index in [0.717, 1.165) is 0 Å². The molecule has 0 saturated heterocycles. The third-order valence-electron chi connectivity index (χ3n) is 2.19. The van der Waals surface area contributed by atoms with Gasteiger partial charge >= 0.3 is 5.97 Å². The third kappa shape index (κ3) is 2.41. The van der Waals surface area contributed by atoms with Crippen molar-refractivity contribution in [2.24, 2.45) is 7.05 Å². The number of carbonyl (C=O) groups is 1. The van der Waals surface area contributed by atoms with Crippen molar-refractivity contribution in [3.05, 3.63) is 35.8 Å². The van der Waals surface area contributed by atoms with E-state index >= 15 is 0 Å². The van der Waals surface area contributed by atoms with Crippen molar-refractivity contribution in [1.29, 1.82) is 0 Å². The number of hydrogen-bond acceptors (Lipinski definition) is 4. The molecule has 0 aliphatic rings. The molecule has 2 rings (SSSR count). The highest BCUT2D eigenvalue weighted by Crippen LogP contribution is 2.19. The summed E-state index contributed by atoms with van der Waals surface area (Å²) in [5.74, 6) is -0.0918. The lowest BCUT2D eigenvalue weighted by Gasteiger charge is -2.04. The zero-order chi connectivity index (χ0) is 12.4. The van der Waals surface area contributed by atoms with Crippen molar-refractivity contribution in [3.8, 4) is 11.6 Å². The van der Waals surface area contributed by atoms with Crippen molar-refractivity contribution in [2.75, 3.05) is 0 Å². The van der Waals surface area contributed by atoms with Gasteiger partial charge in [0.15, 0.2) is 5.75 Å². The van der Waals surface area contributed by atoms with Crippen molar-refractivity contribution < 1.29 is 14.6 Å². The molecule has 2 aromatic heterocycles. The maximum absolute atomic E-state index is 10.8. The summed E-state index contributed by atoms with van der Waals surface area (Å²) in [6.07, 6.45) is 3.25. The highest BCUT2D eigenvalue weighted by atomic mass is 16.5. The minimum absolute atomic E-state index is 0.170. The Kier molecular flexibility index (Phi) is 2.78. The molecular weight excluding hydrogens is 222 g/mol. The van der Waals surface area contributed by atoms with Crippen LogP contribution in [0.2, 0.25) is 0 Å². The number of rotatable bonds is 3. The van der Waals surface area contributed by atoms with E-state index in [1.807, 2.05) is 0 Å². The van der Waals surface area contributed by atoms with E-state index in [9.17, 15) is 4.79 Å². The molecule has 2 aromatic rings. The Bertz CT molecular complexity index is 563. The zero-order valence-corrected chi connectivity index (χ0v) is 9.41. The van der Waals surface area contributed by atoms with Crippen molar-refractivity contribution in [3.63, 3.8) is 0 Å². The molecule has 0 amide bonds. The molecule has 0 radical (unpaired) electrons. The number of carboxylic acid groups (broad SMARTS) is 1. The Morgan fingerprint density at radius 3 is 2.76 bits per heavy atom. The molecule has 0 unspecified atom stereocenters. The molecule has 2 heterocycles. The average molecular weight is 233 g/mol. The van der Waals surface area contributed by atoms with Gasteiger partial charge < -0.3 is 9.84 Å². The van der Waals surface area contributed by atoms with Gasteiger partial charge in [-0.05, 0) is 13.0 Å². The molecule has 0 atom stereocenters. The highest BCUT2D eigenvalue weighted by Gasteiger charge is 2.09. The minimum atomic E-state index is -0.997. The fourth-order valence-corrected chi connectivity index (χ4v) is 1.39. The number of aromatic nitrogens is 3. The van der Waals surface area contributed by atoms with Crippen LogP contribution >= 0.6 is 0 Å². The van der Waals surface area contributed by atoms with Crippen molar-refractivity contribution in [2.45, 2.75) is 6.92 Å². The van der Waals surface area contributed by atoms with Crippen LogP contribution in [0.15, 0.2) is 24.5 Å². The van der Waals surface area contributed by atoms with Crippen LogP contribution in [0.4, 0.5) is 0 Å². The molecule has 88 valence electrons. The summed E-state index contributed by atoms with van der Waals surface area (Å²) in [5.41, 5.74) is 0.586. The van der Waals surface area contributed by atoms with E-state index in [4.69, 9.17) is 9.84 Å². The lowest BCUT2D eigenvalue weighted by molar-refractivity contribution is 0.0695. The second kappa shape index (κ2) is 4.25. The van der Waals surface area contributed by atoms with Gasteiger partial charge in [-0.1, -0.05) is 0 Å². The summed E-state index contributed by atoms with van der Waals surface area (Å²) in [4.78, 5) is 14.9. The quantitative estimate of drug-likeness (QED) is 0.871. The molecule has 0 bridgehead atoms. The van der Waals surface area contributed by atoms with Crippen LogP contribution < -0.4 is 4.74 Å². The second-order valence-corrected chi connectivity index (χ2v) is 3.54.